The van der Waals surface area contributed by atoms with Crippen LogP contribution in [0.1, 0.15) is 37.7 Å². The van der Waals surface area contributed by atoms with Crippen molar-refractivity contribution in [2.75, 3.05) is 0 Å². The number of aliphatic carboxylic acids is 1. The van der Waals surface area contributed by atoms with Gasteiger partial charge in [0.2, 0.25) is 5.91 Å². The Hall–Kier alpha value is -1.84. The number of rotatable bonds is 4. The molecule has 102 valence electrons. The van der Waals surface area contributed by atoms with Crippen LogP contribution >= 0.6 is 0 Å². The van der Waals surface area contributed by atoms with Gasteiger partial charge in [-0.05, 0) is 18.4 Å². The zero-order valence-corrected chi connectivity index (χ0v) is 10.9. The van der Waals surface area contributed by atoms with Gasteiger partial charge in [-0.1, -0.05) is 49.6 Å². The quantitative estimate of drug-likeness (QED) is 0.872. The molecule has 4 heteroatoms. The Kier molecular flexibility index (Phi) is 4.20. The summed E-state index contributed by atoms with van der Waals surface area (Å²) in [5, 5.41) is 12.1. The first-order chi connectivity index (χ1) is 9.12. The van der Waals surface area contributed by atoms with Crippen molar-refractivity contribution in [3.8, 4) is 0 Å². The summed E-state index contributed by atoms with van der Waals surface area (Å²) >= 11 is 0. The number of nitrogens with one attached hydrogen (secondary N) is 1. The third kappa shape index (κ3) is 3.34. The molecule has 0 unspecified atom stereocenters. The van der Waals surface area contributed by atoms with Gasteiger partial charge in [-0.3, -0.25) is 4.79 Å². The van der Waals surface area contributed by atoms with E-state index in [1.54, 1.807) is 0 Å². The molecule has 0 bridgehead atoms. The molecular weight excluding hydrogens is 242 g/mol. The molecule has 1 aromatic rings. The highest BCUT2D eigenvalue weighted by atomic mass is 16.4. The minimum absolute atomic E-state index is 0.212. The summed E-state index contributed by atoms with van der Waals surface area (Å²) in [5.41, 5.74) is -0.152. The van der Waals surface area contributed by atoms with Crippen LogP contribution in [0.2, 0.25) is 0 Å². The molecule has 0 aliphatic heterocycles. The van der Waals surface area contributed by atoms with Crippen LogP contribution in [0.25, 0.3) is 0 Å². The van der Waals surface area contributed by atoms with Crippen molar-refractivity contribution in [1.29, 1.82) is 0 Å². The van der Waals surface area contributed by atoms with Gasteiger partial charge in [0, 0.05) is 0 Å². The first-order valence-electron chi connectivity index (χ1n) is 6.71. The van der Waals surface area contributed by atoms with Crippen LogP contribution in [-0.2, 0) is 16.0 Å². The average Bonchev–Trinajstić information content (AvgIpc) is 2.40. The zero-order valence-electron chi connectivity index (χ0n) is 10.9. The molecule has 0 spiro atoms. The summed E-state index contributed by atoms with van der Waals surface area (Å²) in [4.78, 5) is 23.5. The monoisotopic (exact) mass is 261 g/mol. The van der Waals surface area contributed by atoms with Crippen LogP contribution in [0.5, 0.6) is 0 Å². The van der Waals surface area contributed by atoms with E-state index in [2.05, 4.69) is 5.32 Å². The number of carbonyl (C=O) groups is 2. The van der Waals surface area contributed by atoms with Crippen LogP contribution in [0.3, 0.4) is 0 Å². The Balaban J connectivity index is 2.01. The minimum atomic E-state index is -1.05. The smallest absolute Gasteiger partial charge is 0.329 e. The Morgan fingerprint density at radius 2 is 1.74 bits per heavy atom. The van der Waals surface area contributed by atoms with Crippen molar-refractivity contribution in [2.45, 2.75) is 44.1 Å². The van der Waals surface area contributed by atoms with E-state index in [1.165, 1.54) is 0 Å². The fourth-order valence-electron chi connectivity index (χ4n) is 2.64. The molecule has 1 fully saturated rings. The summed E-state index contributed by atoms with van der Waals surface area (Å²) in [5.74, 6) is -1.12. The predicted octanol–water partition coefficient (Wildman–Crippen LogP) is 2.13. The maximum atomic E-state index is 12.0. The molecule has 1 saturated carbocycles. The van der Waals surface area contributed by atoms with Gasteiger partial charge in [-0.2, -0.15) is 0 Å². The average molecular weight is 261 g/mol. The second-order valence-corrected chi connectivity index (χ2v) is 5.16. The summed E-state index contributed by atoms with van der Waals surface area (Å²) in [6.45, 7) is 0. The molecule has 2 N–H and O–H groups in total. The van der Waals surface area contributed by atoms with Gasteiger partial charge in [0.1, 0.15) is 5.54 Å². The van der Waals surface area contributed by atoms with Gasteiger partial charge in [-0.15, -0.1) is 0 Å². The van der Waals surface area contributed by atoms with E-state index in [9.17, 15) is 14.7 Å². The van der Waals surface area contributed by atoms with Crippen LogP contribution in [0, 0.1) is 0 Å². The van der Waals surface area contributed by atoms with Gasteiger partial charge < -0.3 is 10.4 Å². The van der Waals surface area contributed by atoms with E-state index in [1.807, 2.05) is 30.3 Å². The number of carboxylic acids is 1. The van der Waals surface area contributed by atoms with E-state index in [0.717, 1.165) is 24.8 Å². The second-order valence-electron chi connectivity index (χ2n) is 5.16. The van der Waals surface area contributed by atoms with Crippen LogP contribution in [-0.4, -0.2) is 22.5 Å². The highest BCUT2D eigenvalue weighted by Gasteiger charge is 2.40. The third-order valence-corrected chi connectivity index (χ3v) is 3.70. The molecule has 1 aliphatic carbocycles. The van der Waals surface area contributed by atoms with E-state index < -0.39 is 11.5 Å². The summed E-state index contributed by atoms with van der Waals surface area (Å²) in [6.07, 6.45) is 4.06. The maximum absolute atomic E-state index is 12.0. The van der Waals surface area contributed by atoms with Gasteiger partial charge in [-0.25, -0.2) is 4.79 Å². The summed E-state index contributed by atoms with van der Waals surface area (Å²) in [6, 6.07) is 9.37. The molecule has 19 heavy (non-hydrogen) atoms. The third-order valence-electron chi connectivity index (χ3n) is 3.70. The fraction of sp³-hybridized carbons (Fsp3) is 0.467. The van der Waals surface area contributed by atoms with Crippen molar-refractivity contribution < 1.29 is 14.7 Å². The summed E-state index contributed by atoms with van der Waals surface area (Å²) in [7, 11) is 0. The lowest BCUT2D eigenvalue weighted by Crippen LogP contribution is -2.55. The van der Waals surface area contributed by atoms with Gasteiger partial charge >= 0.3 is 5.97 Å². The lowest BCUT2D eigenvalue weighted by molar-refractivity contribution is -0.149. The van der Waals surface area contributed by atoms with E-state index in [-0.39, 0.29) is 12.3 Å². The molecule has 0 atom stereocenters. The molecule has 0 saturated heterocycles. The molecule has 0 radical (unpaired) electrons. The second kappa shape index (κ2) is 5.87. The number of carboxylic acid groups (broad SMARTS) is 1. The number of carbonyl (C=O) groups excluding carboxylic acids is 1. The van der Waals surface area contributed by atoms with Crippen molar-refractivity contribution in [2.24, 2.45) is 0 Å². The molecule has 2 rings (SSSR count). The molecule has 0 aromatic heterocycles. The van der Waals surface area contributed by atoms with Crippen LogP contribution in [0.15, 0.2) is 30.3 Å². The lowest BCUT2D eigenvalue weighted by atomic mass is 9.81. The van der Waals surface area contributed by atoms with Gasteiger partial charge in [0.25, 0.3) is 0 Å². The van der Waals surface area contributed by atoms with Crippen LogP contribution in [0.4, 0.5) is 0 Å². The van der Waals surface area contributed by atoms with Gasteiger partial charge in [0.05, 0.1) is 6.42 Å². The van der Waals surface area contributed by atoms with Crippen molar-refractivity contribution in [3.63, 3.8) is 0 Å². The minimum Gasteiger partial charge on any atom is -0.480 e. The van der Waals surface area contributed by atoms with Gasteiger partial charge in [0.15, 0.2) is 0 Å². The van der Waals surface area contributed by atoms with Crippen molar-refractivity contribution in [1.82, 2.24) is 5.32 Å². The van der Waals surface area contributed by atoms with Crippen molar-refractivity contribution >= 4 is 11.9 Å². The van der Waals surface area contributed by atoms with E-state index >= 15 is 0 Å². The molecule has 1 amide bonds. The Morgan fingerprint density at radius 3 is 2.32 bits per heavy atom. The highest BCUT2D eigenvalue weighted by molar-refractivity contribution is 5.88. The molecule has 1 aromatic carbocycles. The Morgan fingerprint density at radius 1 is 1.11 bits per heavy atom. The van der Waals surface area contributed by atoms with E-state index in [4.69, 9.17) is 0 Å². The standard InChI is InChI=1S/C15H19NO3/c17-13(11-12-7-3-1-4-8-12)16-15(14(18)19)9-5-2-6-10-15/h1,3-4,7-8H,2,5-6,9-11H2,(H,16,17)(H,18,19). The first kappa shape index (κ1) is 13.6. The lowest BCUT2D eigenvalue weighted by Gasteiger charge is -2.34. The molecule has 0 heterocycles. The molecule has 1 aliphatic rings. The highest BCUT2D eigenvalue weighted by Crippen LogP contribution is 2.28. The fourth-order valence-corrected chi connectivity index (χ4v) is 2.64. The topological polar surface area (TPSA) is 66.4 Å². The van der Waals surface area contributed by atoms with E-state index in [0.29, 0.717) is 12.8 Å². The largest absolute Gasteiger partial charge is 0.480 e. The SMILES string of the molecule is O=C(Cc1ccccc1)NC1(C(=O)O)CCCCC1. The normalized spacial score (nSPS) is 17.7. The number of hydrogen-bond acceptors (Lipinski definition) is 2. The number of benzene rings is 1. The molecule has 4 nitrogen and oxygen atoms in total. The number of amides is 1. The first-order valence-corrected chi connectivity index (χ1v) is 6.71. The zero-order chi connectivity index (χ0) is 13.7. The molecular formula is C15H19NO3. The van der Waals surface area contributed by atoms with Crippen molar-refractivity contribution in [3.05, 3.63) is 35.9 Å². The summed E-state index contributed by atoms with van der Waals surface area (Å²) < 4.78 is 0. The Bertz CT molecular complexity index is 450. The Labute approximate surface area is 112 Å². The maximum Gasteiger partial charge on any atom is 0.329 e. The van der Waals surface area contributed by atoms with Crippen LogP contribution < -0.4 is 5.32 Å². The number of hydrogen-bond donors (Lipinski definition) is 2. The predicted molar refractivity (Wildman–Crippen MR) is 71.7 cm³/mol.